The van der Waals surface area contributed by atoms with Gasteiger partial charge in [0.15, 0.2) is 0 Å². The number of ether oxygens (including phenoxy) is 1. The van der Waals surface area contributed by atoms with E-state index >= 15 is 0 Å². The SMILES string of the molecule is CCC(C)N1CCC(c2ccc(N(C)C)cc2)C1.COC=O. The molecule has 22 heavy (non-hydrogen) atoms. The summed E-state index contributed by atoms with van der Waals surface area (Å²) < 4.78 is 3.86. The molecule has 2 atom stereocenters. The highest BCUT2D eigenvalue weighted by atomic mass is 16.5. The minimum atomic E-state index is 0.375. The summed E-state index contributed by atoms with van der Waals surface area (Å²) in [5.41, 5.74) is 2.79. The van der Waals surface area contributed by atoms with Crippen LogP contribution < -0.4 is 4.90 Å². The minimum Gasteiger partial charge on any atom is -0.471 e. The molecule has 1 aromatic carbocycles. The van der Waals surface area contributed by atoms with E-state index in [2.05, 4.69) is 66.7 Å². The van der Waals surface area contributed by atoms with Gasteiger partial charge in [-0.05, 0) is 49.9 Å². The first-order valence-corrected chi connectivity index (χ1v) is 8.01. The molecule has 0 bridgehead atoms. The van der Waals surface area contributed by atoms with E-state index in [1.165, 1.54) is 44.3 Å². The molecule has 1 heterocycles. The van der Waals surface area contributed by atoms with Gasteiger partial charge in [-0.15, -0.1) is 0 Å². The second kappa shape index (κ2) is 9.46. The lowest BCUT2D eigenvalue weighted by Crippen LogP contribution is -2.29. The molecule has 0 saturated carbocycles. The lowest BCUT2D eigenvalue weighted by atomic mass is 9.98. The van der Waals surface area contributed by atoms with Gasteiger partial charge in [-0.1, -0.05) is 19.1 Å². The Hall–Kier alpha value is -1.55. The molecule has 1 aliphatic heterocycles. The molecule has 2 unspecified atom stereocenters. The van der Waals surface area contributed by atoms with Gasteiger partial charge in [0, 0.05) is 32.4 Å². The van der Waals surface area contributed by atoms with Crippen molar-refractivity contribution in [1.82, 2.24) is 4.90 Å². The van der Waals surface area contributed by atoms with Gasteiger partial charge in [-0.2, -0.15) is 0 Å². The fourth-order valence-corrected chi connectivity index (χ4v) is 2.76. The van der Waals surface area contributed by atoms with E-state index in [0.29, 0.717) is 6.47 Å². The summed E-state index contributed by atoms with van der Waals surface area (Å²) in [6.07, 6.45) is 2.57. The van der Waals surface area contributed by atoms with E-state index in [9.17, 15) is 0 Å². The van der Waals surface area contributed by atoms with Crippen LogP contribution in [0.1, 0.15) is 38.2 Å². The Morgan fingerprint density at radius 3 is 2.41 bits per heavy atom. The van der Waals surface area contributed by atoms with Gasteiger partial charge in [0.25, 0.3) is 6.47 Å². The highest BCUT2D eigenvalue weighted by Gasteiger charge is 2.26. The van der Waals surface area contributed by atoms with Gasteiger partial charge < -0.3 is 14.5 Å². The van der Waals surface area contributed by atoms with Crippen LogP contribution >= 0.6 is 0 Å². The van der Waals surface area contributed by atoms with Crippen molar-refractivity contribution in [1.29, 1.82) is 0 Å². The lowest BCUT2D eigenvalue weighted by Gasteiger charge is -2.23. The zero-order valence-corrected chi connectivity index (χ0v) is 14.6. The first-order chi connectivity index (χ1) is 10.5. The zero-order valence-electron chi connectivity index (χ0n) is 14.6. The third-order valence-corrected chi connectivity index (χ3v) is 4.41. The van der Waals surface area contributed by atoms with E-state index in [1.54, 1.807) is 0 Å². The molecule has 0 amide bonds. The van der Waals surface area contributed by atoms with Crippen LogP contribution in [0, 0.1) is 0 Å². The van der Waals surface area contributed by atoms with Crippen LogP contribution in [-0.2, 0) is 9.53 Å². The molecule has 2 rings (SSSR count). The Kier molecular flexibility index (Phi) is 7.96. The maximum Gasteiger partial charge on any atom is 0.292 e. The van der Waals surface area contributed by atoms with Crippen LogP contribution in [-0.4, -0.2) is 51.7 Å². The third-order valence-electron chi connectivity index (χ3n) is 4.41. The molecule has 0 aliphatic carbocycles. The largest absolute Gasteiger partial charge is 0.471 e. The second-order valence-corrected chi connectivity index (χ2v) is 6.06. The van der Waals surface area contributed by atoms with Gasteiger partial charge >= 0.3 is 0 Å². The summed E-state index contributed by atoms with van der Waals surface area (Å²) in [5.74, 6) is 0.732. The number of anilines is 1. The van der Waals surface area contributed by atoms with Crippen molar-refractivity contribution in [3.63, 3.8) is 0 Å². The third kappa shape index (κ3) is 5.34. The van der Waals surface area contributed by atoms with Crippen LogP contribution in [0.5, 0.6) is 0 Å². The average molecular weight is 306 g/mol. The summed E-state index contributed by atoms with van der Waals surface area (Å²) in [7, 11) is 5.50. The molecule has 1 aromatic rings. The van der Waals surface area contributed by atoms with Crippen molar-refractivity contribution in [2.75, 3.05) is 39.2 Å². The highest BCUT2D eigenvalue weighted by Crippen LogP contribution is 2.29. The lowest BCUT2D eigenvalue weighted by molar-refractivity contribution is -0.126. The number of nitrogens with zero attached hydrogens (tertiary/aromatic N) is 2. The zero-order chi connectivity index (χ0) is 16.5. The Labute approximate surface area is 135 Å². The molecule has 0 aromatic heterocycles. The summed E-state index contributed by atoms with van der Waals surface area (Å²) in [5, 5.41) is 0. The number of hydrogen-bond donors (Lipinski definition) is 0. The summed E-state index contributed by atoms with van der Waals surface area (Å²) >= 11 is 0. The summed E-state index contributed by atoms with van der Waals surface area (Å²) in [6, 6.07) is 9.82. The standard InChI is InChI=1S/C16H26N2.C2H4O2/c1-5-13(2)18-11-10-15(12-18)14-6-8-16(9-7-14)17(3)4;1-4-2-3/h6-9,13,15H,5,10-12H2,1-4H3;2H,1H3. The van der Waals surface area contributed by atoms with Gasteiger partial charge in [0.2, 0.25) is 0 Å². The number of rotatable bonds is 5. The van der Waals surface area contributed by atoms with Crippen molar-refractivity contribution in [3.05, 3.63) is 29.8 Å². The second-order valence-electron chi connectivity index (χ2n) is 6.06. The summed E-state index contributed by atoms with van der Waals surface area (Å²) in [6.45, 7) is 7.49. The molecule has 4 heteroatoms. The molecule has 124 valence electrons. The Balaban J connectivity index is 0.000000541. The maximum absolute atomic E-state index is 8.95. The number of likely N-dealkylation sites (tertiary alicyclic amines) is 1. The fourth-order valence-electron chi connectivity index (χ4n) is 2.76. The van der Waals surface area contributed by atoms with Crippen molar-refractivity contribution in [2.24, 2.45) is 0 Å². The van der Waals surface area contributed by atoms with Crippen molar-refractivity contribution in [3.8, 4) is 0 Å². The monoisotopic (exact) mass is 306 g/mol. The highest BCUT2D eigenvalue weighted by molar-refractivity contribution is 5.46. The van der Waals surface area contributed by atoms with Gasteiger partial charge in [-0.25, -0.2) is 0 Å². The molecular formula is C18H30N2O2. The topological polar surface area (TPSA) is 32.8 Å². The van der Waals surface area contributed by atoms with Crippen molar-refractivity contribution < 1.29 is 9.53 Å². The normalized spacial score (nSPS) is 19.0. The Morgan fingerprint density at radius 1 is 1.36 bits per heavy atom. The molecule has 4 nitrogen and oxygen atoms in total. The number of methoxy groups -OCH3 is 1. The van der Waals surface area contributed by atoms with Gasteiger partial charge in [-0.3, -0.25) is 4.79 Å². The quantitative estimate of drug-likeness (QED) is 0.783. The van der Waals surface area contributed by atoms with Crippen LogP contribution in [0.15, 0.2) is 24.3 Å². The number of benzene rings is 1. The molecule has 1 fully saturated rings. The summed E-state index contributed by atoms with van der Waals surface area (Å²) in [4.78, 5) is 13.7. The van der Waals surface area contributed by atoms with E-state index in [4.69, 9.17) is 4.79 Å². The fraction of sp³-hybridized carbons (Fsp3) is 0.611. The minimum absolute atomic E-state index is 0.375. The number of carbonyl (C=O) groups excluding carboxylic acids is 1. The van der Waals surface area contributed by atoms with Crippen molar-refractivity contribution in [2.45, 2.75) is 38.6 Å². The maximum atomic E-state index is 8.95. The Bertz CT molecular complexity index is 431. The van der Waals surface area contributed by atoms with E-state index in [0.717, 1.165) is 12.0 Å². The predicted molar refractivity (Wildman–Crippen MR) is 92.5 cm³/mol. The molecule has 0 spiro atoms. The first-order valence-electron chi connectivity index (χ1n) is 8.01. The molecule has 1 aliphatic rings. The molecule has 0 radical (unpaired) electrons. The smallest absolute Gasteiger partial charge is 0.292 e. The number of carbonyl (C=O) groups is 1. The van der Waals surface area contributed by atoms with E-state index < -0.39 is 0 Å². The molecule has 0 N–H and O–H groups in total. The van der Waals surface area contributed by atoms with E-state index in [-0.39, 0.29) is 0 Å². The molecular weight excluding hydrogens is 276 g/mol. The molecule has 1 saturated heterocycles. The Morgan fingerprint density at radius 2 is 1.95 bits per heavy atom. The van der Waals surface area contributed by atoms with E-state index in [1.807, 2.05) is 0 Å². The number of hydrogen-bond acceptors (Lipinski definition) is 4. The predicted octanol–water partition coefficient (Wildman–Crippen LogP) is 3.13. The average Bonchev–Trinajstić information content (AvgIpc) is 3.04. The van der Waals surface area contributed by atoms with Crippen LogP contribution in [0.2, 0.25) is 0 Å². The van der Waals surface area contributed by atoms with Crippen molar-refractivity contribution >= 4 is 12.2 Å². The van der Waals surface area contributed by atoms with Crippen LogP contribution in [0.4, 0.5) is 5.69 Å². The van der Waals surface area contributed by atoms with Gasteiger partial charge in [0.1, 0.15) is 0 Å². The first kappa shape index (κ1) is 18.5. The van der Waals surface area contributed by atoms with Gasteiger partial charge in [0.05, 0.1) is 7.11 Å². The van der Waals surface area contributed by atoms with Crippen LogP contribution in [0.3, 0.4) is 0 Å². The van der Waals surface area contributed by atoms with Crippen LogP contribution in [0.25, 0.3) is 0 Å².